The molecule has 0 aromatic heterocycles. The van der Waals surface area contributed by atoms with Gasteiger partial charge in [-0.1, -0.05) is 22.0 Å². The molecule has 0 spiro atoms. The second-order valence-electron chi connectivity index (χ2n) is 4.27. The molecular weight excluding hydrogens is 311 g/mol. The molecule has 0 amide bonds. The van der Waals surface area contributed by atoms with E-state index >= 15 is 0 Å². The molecule has 0 unspecified atom stereocenters. The standard InChI is InChI=1S/C15H14BrFO2/c1-10-6-13(17)3-2-11(10)9-19-14-4-5-15(16)12(7-14)8-18/h2-7,18H,8-9H2,1H3. The molecule has 0 saturated carbocycles. The van der Waals surface area contributed by atoms with Crippen LogP contribution in [0, 0.1) is 12.7 Å². The Kier molecular flexibility index (Phi) is 4.56. The Morgan fingerprint density at radius 3 is 2.63 bits per heavy atom. The fourth-order valence-corrected chi connectivity index (χ4v) is 2.12. The number of hydrogen-bond acceptors (Lipinski definition) is 2. The minimum Gasteiger partial charge on any atom is -0.489 e. The third-order valence-corrected chi connectivity index (χ3v) is 3.66. The van der Waals surface area contributed by atoms with E-state index in [1.807, 2.05) is 19.1 Å². The van der Waals surface area contributed by atoms with Crippen LogP contribution in [0.5, 0.6) is 5.75 Å². The van der Waals surface area contributed by atoms with E-state index in [9.17, 15) is 9.50 Å². The maximum absolute atomic E-state index is 13.0. The van der Waals surface area contributed by atoms with Crippen molar-refractivity contribution in [2.45, 2.75) is 20.1 Å². The number of benzene rings is 2. The zero-order chi connectivity index (χ0) is 13.8. The third-order valence-electron chi connectivity index (χ3n) is 2.89. The number of aliphatic hydroxyl groups excluding tert-OH is 1. The van der Waals surface area contributed by atoms with Crippen molar-refractivity contribution in [3.05, 3.63) is 63.4 Å². The molecule has 0 saturated heterocycles. The van der Waals surface area contributed by atoms with E-state index in [2.05, 4.69) is 15.9 Å². The van der Waals surface area contributed by atoms with E-state index < -0.39 is 0 Å². The number of hydrogen-bond donors (Lipinski definition) is 1. The van der Waals surface area contributed by atoms with Gasteiger partial charge in [-0.3, -0.25) is 0 Å². The van der Waals surface area contributed by atoms with Crippen molar-refractivity contribution in [1.82, 2.24) is 0 Å². The first kappa shape index (κ1) is 14.0. The Morgan fingerprint density at radius 1 is 1.16 bits per heavy atom. The van der Waals surface area contributed by atoms with Crippen LogP contribution in [0.15, 0.2) is 40.9 Å². The van der Waals surface area contributed by atoms with Gasteiger partial charge in [0.25, 0.3) is 0 Å². The van der Waals surface area contributed by atoms with E-state index in [0.29, 0.717) is 12.4 Å². The monoisotopic (exact) mass is 324 g/mol. The summed E-state index contributed by atoms with van der Waals surface area (Å²) in [6.45, 7) is 2.18. The van der Waals surface area contributed by atoms with Crippen LogP contribution in [0.2, 0.25) is 0 Å². The summed E-state index contributed by atoms with van der Waals surface area (Å²) < 4.78 is 19.5. The van der Waals surface area contributed by atoms with Crippen molar-refractivity contribution < 1.29 is 14.2 Å². The fourth-order valence-electron chi connectivity index (χ4n) is 1.74. The van der Waals surface area contributed by atoms with Crippen molar-refractivity contribution >= 4 is 15.9 Å². The molecular formula is C15H14BrFO2. The van der Waals surface area contributed by atoms with Crippen molar-refractivity contribution in [2.24, 2.45) is 0 Å². The Bertz CT molecular complexity index is 584. The van der Waals surface area contributed by atoms with Gasteiger partial charge in [-0.2, -0.15) is 0 Å². The topological polar surface area (TPSA) is 29.5 Å². The Balaban J connectivity index is 2.10. The average Bonchev–Trinajstić information content (AvgIpc) is 2.39. The first-order valence-electron chi connectivity index (χ1n) is 5.87. The molecule has 4 heteroatoms. The molecule has 2 nitrogen and oxygen atoms in total. The fraction of sp³-hybridized carbons (Fsp3) is 0.200. The van der Waals surface area contributed by atoms with E-state index in [0.717, 1.165) is 21.2 Å². The number of halogens is 2. The highest BCUT2D eigenvalue weighted by Crippen LogP contribution is 2.23. The highest BCUT2D eigenvalue weighted by Gasteiger charge is 2.04. The predicted octanol–water partition coefficient (Wildman–Crippen LogP) is 3.97. The molecule has 0 radical (unpaired) electrons. The molecule has 0 atom stereocenters. The van der Waals surface area contributed by atoms with Crippen molar-refractivity contribution in [1.29, 1.82) is 0 Å². The van der Waals surface area contributed by atoms with Gasteiger partial charge in [-0.25, -0.2) is 4.39 Å². The van der Waals surface area contributed by atoms with E-state index in [-0.39, 0.29) is 12.4 Å². The molecule has 0 aliphatic rings. The first-order chi connectivity index (χ1) is 9.10. The molecule has 0 aliphatic carbocycles. The summed E-state index contributed by atoms with van der Waals surface area (Å²) in [5.41, 5.74) is 2.57. The summed E-state index contributed by atoms with van der Waals surface area (Å²) in [7, 11) is 0. The van der Waals surface area contributed by atoms with Gasteiger partial charge in [0, 0.05) is 4.47 Å². The lowest BCUT2D eigenvalue weighted by atomic mass is 10.1. The Labute approximate surface area is 120 Å². The Hall–Kier alpha value is -1.39. The molecule has 0 bridgehead atoms. The SMILES string of the molecule is Cc1cc(F)ccc1COc1ccc(Br)c(CO)c1. The summed E-state index contributed by atoms with van der Waals surface area (Å²) in [5.74, 6) is 0.434. The van der Waals surface area contributed by atoms with Crippen LogP contribution in [0.3, 0.4) is 0 Å². The van der Waals surface area contributed by atoms with Crippen LogP contribution in [0.1, 0.15) is 16.7 Å². The smallest absolute Gasteiger partial charge is 0.123 e. The molecule has 19 heavy (non-hydrogen) atoms. The highest BCUT2D eigenvalue weighted by atomic mass is 79.9. The molecule has 0 aliphatic heterocycles. The summed E-state index contributed by atoms with van der Waals surface area (Å²) in [6, 6.07) is 10.1. The van der Waals surface area contributed by atoms with E-state index in [1.54, 1.807) is 12.1 Å². The van der Waals surface area contributed by atoms with Gasteiger partial charge in [-0.15, -0.1) is 0 Å². The molecule has 0 fully saturated rings. The van der Waals surface area contributed by atoms with Crippen molar-refractivity contribution in [2.75, 3.05) is 0 Å². The van der Waals surface area contributed by atoms with Gasteiger partial charge in [-0.05, 0) is 53.9 Å². The zero-order valence-electron chi connectivity index (χ0n) is 10.5. The number of aryl methyl sites for hydroxylation is 1. The van der Waals surface area contributed by atoms with E-state index in [4.69, 9.17) is 4.74 Å². The summed E-state index contributed by atoms with van der Waals surface area (Å²) in [5, 5.41) is 9.18. The largest absolute Gasteiger partial charge is 0.489 e. The minimum atomic E-state index is -0.243. The molecule has 2 rings (SSSR count). The number of aliphatic hydroxyl groups is 1. The molecule has 0 heterocycles. The highest BCUT2D eigenvalue weighted by molar-refractivity contribution is 9.10. The van der Waals surface area contributed by atoms with Crippen LogP contribution >= 0.6 is 15.9 Å². The maximum atomic E-state index is 13.0. The molecule has 1 N–H and O–H groups in total. The average molecular weight is 325 g/mol. The van der Waals surface area contributed by atoms with E-state index in [1.165, 1.54) is 12.1 Å². The van der Waals surface area contributed by atoms with Gasteiger partial charge in [0.15, 0.2) is 0 Å². The van der Waals surface area contributed by atoms with Crippen molar-refractivity contribution in [3.8, 4) is 5.75 Å². The van der Waals surface area contributed by atoms with Gasteiger partial charge in [0.1, 0.15) is 18.2 Å². The lowest BCUT2D eigenvalue weighted by molar-refractivity contribution is 0.277. The third kappa shape index (κ3) is 3.55. The zero-order valence-corrected chi connectivity index (χ0v) is 12.1. The molecule has 100 valence electrons. The number of ether oxygens (including phenoxy) is 1. The van der Waals surface area contributed by atoms with Crippen LogP contribution in [0.4, 0.5) is 4.39 Å². The second kappa shape index (κ2) is 6.17. The molecule has 2 aromatic rings. The lowest BCUT2D eigenvalue weighted by Crippen LogP contribution is -1.99. The molecule has 2 aromatic carbocycles. The quantitative estimate of drug-likeness (QED) is 0.922. The van der Waals surface area contributed by atoms with Gasteiger partial charge < -0.3 is 9.84 Å². The van der Waals surface area contributed by atoms with Gasteiger partial charge in [0.2, 0.25) is 0 Å². The van der Waals surface area contributed by atoms with Gasteiger partial charge >= 0.3 is 0 Å². The summed E-state index contributed by atoms with van der Waals surface area (Å²) in [4.78, 5) is 0. The van der Waals surface area contributed by atoms with Crippen molar-refractivity contribution in [3.63, 3.8) is 0 Å². The van der Waals surface area contributed by atoms with Crippen LogP contribution in [-0.2, 0) is 13.2 Å². The summed E-state index contributed by atoms with van der Waals surface area (Å²) >= 11 is 3.35. The lowest BCUT2D eigenvalue weighted by Gasteiger charge is -2.10. The van der Waals surface area contributed by atoms with Crippen LogP contribution in [0.25, 0.3) is 0 Å². The van der Waals surface area contributed by atoms with Crippen LogP contribution in [-0.4, -0.2) is 5.11 Å². The number of rotatable bonds is 4. The summed E-state index contributed by atoms with van der Waals surface area (Å²) in [6.07, 6.45) is 0. The normalized spacial score (nSPS) is 10.5. The maximum Gasteiger partial charge on any atom is 0.123 e. The second-order valence-corrected chi connectivity index (χ2v) is 5.13. The van der Waals surface area contributed by atoms with Gasteiger partial charge in [0.05, 0.1) is 6.61 Å². The predicted molar refractivity (Wildman–Crippen MR) is 75.5 cm³/mol. The first-order valence-corrected chi connectivity index (χ1v) is 6.66. The van der Waals surface area contributed by atoms with Crippen LogP contribution < -0.4 is 4.74 Å². The Morgan fingerprint density at radius 2 is 1.95 bits per heavy atom. The minimum absolute atomic E-state index is 0.0483.